The topological polar surface area (TPSA) is 36.4 Å². The molecule has 0 saturated carbocycles. The number of fused-ring (bicyclic) bond motifs is 1. The van der Waals surface area contributed by atoms with Crippen LogP contribution in [0.2, 0.25) is 0 Å². The van der Waals surface area contributed by atoms with Crippen LogP contribution in [0.15, 0.2) is 36.4 Å². The SMILES string of the molecule is Cc1ccc(C(=O)N(CCCN(C)C)c2nc3cc(C)cc(C)c3s2)cc1.Cl. The molecular formula is C22H28ClN3OS. The summed E-state index contributed by atoms with van der Waals surface area (Å²) < 4.78 is 1.16. The standard InChI is InChI=1S/C22H27N3OS.ClH/c1-15-7-9-18(10-8-15)21(26)25(12-6-11-24(4)5)22-23-19-14-16(2)13-17(3)20(19)27-22;/h7-10,13-14H,6,11-12H2,1-5H3;1H. The summed E-state index contributed by atoms with van der Waals surface area (Å²) in [5.74, 6) is 0.0159. The highest BCUT2D eigenvalue weighted by atomic mass is 35.5. The summed E-state index contributed by atoms with van der Waals surface area (Å²) in [5, 5.41) is 0.781. The average Bonchev–Trinajstić information content (AvgIpc) is 3.02. The van der Waals surface area contributed by atoms with Crippen molar-refractivity contribution in [3.05, 3.63) is 58.7 Å². The number of rotatable bonds is 6. The summed E-state index contributed by atoms with van der Waals surface area (Å²) >= 11 is 1.61. The lowest BCUT2D eigenvalue weighted by atomic mass is 10.1. The lowest BCUT2D eigenvalue weighted by Crippen LogP contribution is -2.33. The molecular weight excluding hydrogens is 390 g/mol. The van der Waals surface area contributed by atoms with Crippen LogP contribution in [0.4, 0.5) is 5.13 Å². The maximum atomic E-state index is 13.2. The zero-order valence-corrected chi connectivity index (χ0v) is 18.8. The van der Waals surface area contributed by atoms with Crippen molar-refractivity contribution in [3.63, 3.8) is 0 Å². The lowest BCUT2D eigenvalue weighted by Gasteiger charge is -2.21. The molecule has 0 N–H and O–H groups in total. The van der Waals surface area contributed by atoms with Crippen molar-refractivity contribution in [1.29, 1.82) is 0 Å². The molecule has 0 aliphatic rings. The van der Waals surface area contributed by atoms with Gasteiger partial charge in [-0.3, -0.25) is 9.69 Å². The Morgan fingerprint density at radius 3 is 2.32 bits per heavy atom. The molecule has 1 heterocycles. The number of hydrogen-bond donors (Lipinski definition) is 0. The van der Waals surface area contributed by atoms with Crippen LogP contribution in [0.1, 0.15) is 33.5 Å². The van der Waals surface area contributed by atoms with Crippen molar-refractivity contribution in [2.45, 2.75) is 27.2 Å². The van der Waals surface area contributed by atoms with Crippen LogP contribution >= 0.6 is 23.7 Å². The molecule has 3 rings (SSSR count). The summed E-state index contributed by atoms with van der Waals surface area (Å²) in [5.41, 5.74) is 5.24. The molecule has 150 valence electrons. The van der Waals surface area contributed by atoms with Gasteiger partial charge in [-0.2, -0.15) is 0 Å². The van der Waals surface area contributed by atoms with E-state index in [0.29, 0.717) is 12.1 Å². The van der Waals surface area contributed by atoms with Crippen molar-refractivity contribution >= 4 is 45.0 Å². The number of thiazole rings is 1. The molecule has 1 aromatic heterocycles. The van der Waals surface area contributed by atoms with E-state index in [1.807, 2.05) is 36.1 Å². The van der Waals surface area contributed by atoms with E-state index >= 15 is 0 Å². The van der Waals surface area contributed by atoms with Gasteiger partial charge < -0.3 is 4.90 Å². The molecule has 0 aliphatic heterocycles. The van der Waals surface area contributed by atoms with E-state index in [2.05, 4.69) is 45.0 Å². The van der Waals surface area contributed by atoms with Gasteiger partial charge in [0.15, 0.2) is 5.13 Å². The number of aryl methyl sites for hydroxylation is 3. The third-order valence-electron chi connectivity index (χ3n) is 4.57. The van der Waals surface area contributed by atoms with Crippen molar-refractivity contribution in [3.8, 4) is 0 Å². The van der Waals surface area contributed by atoms with Gasteiger partial charge in [0.1, 0.15) is 0 Å². The Hall–Kier alpha value is -1.95. The summed E-state index contributed by atoms with van der Waals surface area (Å²) in [6.07, 6.45) is 0.901. The van der Waals surface area contributed by atoms with Gasteiger partial charge in [0.2, 0.25) is 0 Å². The molecule has 0 radical (unpaired) electrons. The van der Waals surface area contributed by atoms with Crippen LogP contribution in [-0.2, 0) is 0 Å². The minimum Gasteiger partial charge on any atom is -0.309 e. The lowest BCUT2D eigenvalue weighted by molar-refractivity contribution is 0.0986. The quantitative estimate of drug-likeness (QED) is 0.550. The molecule has 0 unspecified atom stereocenters. The Kier molecular flexibility index (Phi) is 7.58. The minimum absolute atomic E-state index is 0. The number of nitrogens with zero attached hydrogens (tertiary/aromatic N) is 3. The Bertz CT molecular complexity index is 950. The van der Waals surface area contributed by atoms with Crippen LogP contribution in [0.25, 0.3) is 10.2 Å². The van der Waals surface area contributed by atoms with Crippen LogP contribution in [0.3, 0.4) is 0 Å². The summed E-state index contributed by atoms with van der Waals surface area (Å²) in [6, 6.07) is 12.0. The van der Waals surface area contributed by atoms with E-state index in [1.54, 1.807) is 11.3 Å². The monoisotopic (exact) mass is 417 g/mol. The first kappa shape index (κ1) is 22.3. The zero-order chi connectivity index (χ0) is 19.6. The van der Waals surface area contributed by atoms with E-state index in [4.69, 9.17) is 4.98 Å². The highest BCUT2D eigenvalue weighted by Crippen LogP contribution is 2.33. The molecule has 1 amide bonds. The highest BCUT2D eigenvalue weighted by Gasteiger charge is 2.21. The second-order valence-corrected chi connectivity index (χ2v) is 8.38. The summed E-state index contributed by atoms with van der Waals surface area (Å²) in [4.78, 5) is 22.0. The normalized spacial score (nSPS) is 10.9. The maximum absolute atomic E-state index is 13.2. The van der Waals surface area contributed by atoms with E-state index in [0.717, 1.165) is 33.9 Å². The number of anilines is 1. The van der Waals surface area contributed by atoms with Gasteiger partial charge in [0, 0.05) is 12.1 Å². The third-order valence-corrected chi connectivity index (χ3v) is 5.80. The Balaban J connectivity index is 0.00000280. The van der Waals surface area contributed by atoms with Crippen molar-refractivity contribution in [2.75, 3.05) is 32.1 Å². The molecule has 0 saturated heterocycles. The molecule has 2 aromatic carbocycles. The van der Waals surface area contributed by atoms with E-state index in [9.17, 15) is 4.79 Å². The van der Waals surface area contributed by atoms with Crippen LogP contribution < -0.4 is 4.90 Å². The fourth-order valence-corrected chi connectivity index (χ4v) is 4.20. The zero-order valence-electron chi connectivity index (χ0n) is 17.2. The third kappa shape index (κ3) is 5.10. The van der Waals surface area contributed by atoms with Gasteiger partial charge in [0.25, 0.3) is 5.91 Å². The number of amides is 1. The molecule has 0 fully saturated rings. The van der Waals surface area contributed by atoms with Gasteiger partial charge in [-0.15, -0.1) is 12.4 Å². The predicted octanol–water partition coefficient (Wildman–Crippen LogP) is 5.24. The predicted molar refractivity (Wildman–Crippen MR) is 122 cm³/mol. The summed E-state index contributed by atoms with van der Waals surface area (Å²) in [6.45, 7) is 7.80. The molecule has 28 heavy (non-hydrogen) atoms. The highest BCUT2D eigenvalue weighted by molar-refractivity contribution is 7.22. The Morgan fingerprint density at radius 1 is 1.00 bits per heavy atom. The van der Waals surface area contributed by atoms with E-state index in [1.165, 1.54) is 11.1 Å². The fraction of sp³-hybridized carbons (Fsp3) is 0.364. The number of carbonyl (C=O) groups excluding carboxylic acids is 1. The Morgan fingerprint density at radius 2 is 1.68 bits per heavy atom. The van der Waals surface area contributed by atoms with Crippen LogP contribution in [0, 0.1) is 20.8 Å². The van der Waals surface area contributed by atoms with Crippen molar-refractivity contribution in [2.24, 2.45) is 0 Å². The average molecular weight is 418 g/mol. The van der Waals surface area contributed by atoms with Gasteiger partial charge in [-0.25, -0.2) is 4.98 Å². The molecule has 6 heteroatoms. The van der Waals surface area contributed by atoms with Gasteiger partial charge in [-0.05, 0) is 77.2 Å². The first-order valence-electron chi connectivity index (χ1n) is 9.26. The number of aromatic nitrogens is 1. The number of hydrogen-bond acceptors (Lipinski definition) is 4. The van der Waals surface area contributed by atoms with Crippen molar-refractivity contribution < 1.29 is 4.79 Å². The Labute approximate surface area is 177 Å². The number of benzene rings is 2. The van der Waals surface area contributed by atoms with Gasteiger partial charge in [0.05, 0.1) is 10.2 Å². The largest absolute Gasteiger partial charge is 0.309 e. The first-order valence-corrected chi connectivity index (χ1v) is 10.1. The van der Waals surface area contributed by atoms with Gasteiger partial charge in [-0.1, -0.05) is 35.1 Å². The molecule has 0 aliphatic carbocycles. The second-order valence-electron chi connectivity index (χ2n) is 7.41. The fourth-order valence-electron chi connectivity index (χ4n) is 3.16. The molecule has 0 bridgehead atoms. The van der Waals surface area contributed by atoms with Crippen molar-refractivity contribution in [1.82, 2.24) is 9.88 Å². The van der Waals surface area contributed by atoms with E-state index < -0.39 is 0 Å². The van der Waals surface area contributed by atoms with Gasteiger partial charge >= 0.3 is 0 Å². The molecule has 4 nitrogen and oxygen atoms in total. The molecule has 3 aromatic rings. The second kappa shape index (κ2) is 9.50. The molecule has 0 spiro atoms. The minimum atomic E-state index is 0. The van der Waals surface area contributed by atoms with Crippen LogP contribution in [-0.4, -0.2) is 43.0 Å². The molecule has 0 atom stereocenters. The first-order chi connectivity index (χ1) is 12.8. The van der Waals surface area contributed by atoms with Crippen LogP contribution in [0.5, 0.6) is 0 Å². The smallest absolute Gasteiger partial charge is 0.260 e. The number of carbonyl (C=O) groups is 1. The summed E-state index contributed by atoms with van der Waals surface area (Å²) in [7, 11) is 4.10. The maximum Gasteiger partial charge on any atom is 0.260 e. The number of halogens is 1. The van der Waals surface area contributed by atoms with E-state index in [-0.39, 0.29) is 18.3 Å².